The van der Waals surface area contributed by atoms with Gasteiger partial charge >= 0.3 is 0 Å². The lowest BCUT2D eigenvalue weighted by Crippen LogP contribution is -2.41. The van der Waals surface area contributed by atoms with Crippen LogP contribution in [0, 0.1) is 12.7 Å². The maximum Gasteiger partial charge on any atom is 0.248 e. The first-order valence-electron chi connectivity index (χ1n) is 8.19. The summed E-state index contributed by atoms with van der Waals surface area (Å²) in [5, 5.41) is 10.2. The molecule has 0 aliphatic heterocycles. The van der Waals surface area contributed by atoms with Gasteiger partial charge in [-0.15, -0.1) is 0 Å². The van der Waals surface area contributed by atoms with E-state index in [1.807, 2.05) is 19.1 Å². The molecular formula is C17H22FN5O. The summed E-state index contributed by atoms with van der Waals surface area (Å²) < 4.78 is 19.1. The smallest absolute Gasteiger partial charge is 0.248 e. The molecule has 128 valence electrons. The van der Waals surface area contributed by atoms with Gasteiger partial charge < -0.3 is 15.2 Å². The van der Waals surface area contributed by atoms with E-state index >= 15 is 0 Å². The van der Waals surface area contributed by atoms with E-state index in [0.29, 0.717) is 30.8 Å². The zero-order valence-electron chi connectivity index (χ0n) is 14.0. The van der Waals surface area contributed by atoms with Gasteiger partial charge in [0.15, 0.2) is 11.8 Å². The van der Waals surface area contributed by atoms with Gasteiger partial charge in [0.05, 0.1) is 0 Å². The molecule has 3 rings (SSSR count). The molecule has 1 aromatic carbocycles. The van der Waals surface area contributed by atoms with Crippen LogP contribution in [0.3, 0.4) is 0 Å². The number of nitrogens with one attached hydrogen (secondary N) is 2. The van der Waals surface area contributed by atoms with Crippen LogP contribution in [0.4, 0.5) is 4.39 Å². The lowest BCUT2D eigenvalue weighted by atomic mass is 9.95. The standard InChI is InChI=1S/C17H22FN5O/c1-3-19-16(20-10-15-22-12(2)23-24-15)21-11-17(8-9-17)13-6-4-5-7-14(13)18/h4-7H,3,8-11H2,1-2H3,(H2,19,20,21). The summed E-state index contributed by atoms with van der Waals surface area (Å²) in [6.07, 6.45) is 1.95. The second-order valence-corrected chi connectivity index (χ2v) is 6.04. The molecule has 1 aromatic heterocycles. The van der Waals surface area contributed by atoms with Crippen molar-refractivity contribution in [2.45, 2.75) is 38.6 Å². The summed E-state index contributed by atoms with van der Waals surface area (Å²) in [5.41, 5.74) is 0.642. The molecule has 1 heterocycles. The molecular weight excluding hydrogens is 309 g/mol. The average molecular weight is 331 g/mol. The van der Waals surface area contributed by atoms with Crippen LogP contribution < -0.4 is 10.6 Å². The van der Waals surface area contributed by atoms with E-state index < -0.39 is 0 Å². The van der Waals surface area contributed by atoms with Crippen molar-refractivity contribution in [3.05, 3.63) is 47.4 Å². The fourth-order valence-electron chi connectivity index (χ4n) is 2.73. The topological polar surface area (TPSA) is 75.3 Å². The molecule has 0 amide bonds. The fourth-order valence-corrected chi connectivity index (χ4v) is 2.73. The fraction of sp³-hybridized carbons (Fsp3) is 0.471. The third-order valence-electron chi connectivity index (χ3n) is 4.18. The van der Waals surface area contributed by atoms with Crippen LogP contribution >= 0.6 is 0 Å². The van der Waals surface area contributed by atoms with Gasteiger partial charge in [-0.25, -0.2) is 9.38 Å². The molecule has 0 radical (unpaired) electrons. The van der Waals surface area contributed by atoms with E-state index in [0.717, 1.165) is 24.9 Å². The van der Waals surface area contributed by atoms with Gasteiger partial charge in [-0.1, -0.05) is 23.4 Å². The number of rotatable bonds is 6. The molecule has 7 heteroatoms. The zero-order valence-corrected chi connectivity index (χ0v) is 14.0. The number of guanidine groups is 1. The summed E-state index contributed by atoms with van der Waals surface area (Å²) in [5.74, 6) is 1.59. The minimum Gasteiger partial charge on any atom is -0.357 e. The molecule has 0 unspecified atom stereocenters. The van der Waals surface area contributed by atoms with Gasteiger partial charge in [0.1, 0.15) is 12.4 Å². The van der Waals surface area contributed by atoms with Crippen LogP contribution in [-0.4, -0.2) is 29.2 Å². The molecule has 1 fully saturated rings. The summed E-state index contributed by atoms with van der Waals surface area (Å²) in [4.78, 5) is 8.58. The van der Waals surface area contributed by atoms with Gasteiger partial charge in [-0.05, 0) is 38.3 Å². The zero-order chi connectivity index (χ0) is 17.0. The Balaban J connectivity index is 1.65. The Morgan fingerprint density at radius 1 is 1.33 bits per heavy atom. The lowest BCUT2D eigenvalue weighted by Gasteiger charge is -2.19. The molecule has 24 heavy (non-hydrogen) atoms. The van der Waals surface area contributed by atoms with Gasteiger partial charge in [0.25, 0.3) is 0 Å². The first kappa shape index (κ1) is 16.4. The van der Waals surface area contributed by atoms with E-state index in [4.69, 9.17) is 4.52 Å². The average Bonchev–Trinajstić information content (AvgIpc) is 3.25. The largest absolute Gasteiger partial charge is 0.357 e. The Morgan fingerprint density at radius 3 is 2.75 bits per heavy atom. The van der Waals surface area contributed by atoms with Crippen LogP contribution in [0.15, 0.2) is 33.8 Å². The third kappa shape index (κ3) is 3.72. The lowest BCUT2D eigenvalue weighted by molar-refractivity contribution is 0.376. The molecule has 1 aliphatic rings. The van der Waals surface area contributed by atoms with Crippen molar-refractivity contribution in [1.29, 1.82) is 0 Å². The summed E-state index contributed by atoms with van der Waals surface area (Å²) >= 11 is 0. The van der Waals surface area contributed by atoms with E-state index in [1.165, 1.54) is 6.07 Å². The molecule has 0 spiro atoms. The van der Waals surface area contributed by atoms with Crippen molar-refractivity contribution in [2.24, 2.45) is 4.99 Å². The first-order chi connectivity index (χ1) is 11.6. The van der Waals surface area contributed by atoms with Crippen LogP contribution in [0.1, 0.15) is 37.0 Å². The summed E-state index contributed by atoms with van der Waals surface area (Å²) in [6.45, 7) is 5.45. The highest BCUT2D eigenvalue weighted by Gasteiger charge is 2.45. The highest BCUT2D eigenvalue weighted by molar-refractivity contribution is 5.79. The van der Waals surface area contributed by atoms with Gasteiger partial charge in [0, 0.05) is 18.5 Å². The Hall–Kier alpha value is -2.44. The van der Waals surface area contributed by atoms with E-state index in [1.54, 1.807) is 13.0 Å². The SMILES string of the molecule is CCNC(=NCc1nc(C)no1)NCC1(c2ccccc2F)CC1. The Labute approximate surface area is 140 Å². The second kappa shape index (κ2) is 6.98. The first-order valence-corrected chi connectivity index (χ1v) is 8.19. The number of hydrogen-bond acceptors (Lipinski definition) is 4. The Kier molecular flexibility index (Phi) is 4.78. The number of halogens is 1. The second-order valence-electron chi connectivity index (χ2n) is 6.04. The molecule has 1 saturated carbocycles. The van der Waals surface area contributed by atoms with Gasteiger partial charge in [-0.2, -0.15) is 4.98 Å². The molecule has 2 N–H and O–H groups in total. The Morgan fingerprint density at radius 2 is 2.12 bits per heavy atom. The molecule has 0 bridgehead atoms. The van der Waals surface area contributed by atoms with E-state index in [-0.39, 0.29) is 11.2 Å². The minimum absolute atomic E-state index is 0.136. The van der Waals surface area contributed by atoms with Crippen LogP contribution in [0.5, 0.6) is 0 Å². The van der Waals surface area contributed by atoms with Crippen molar-refractivity contribution in [2.75, 3.05) is 13.1 Å². The summed E-state index contributed by atoms with van der Waals surface area (Å²) in [7, 11) is 0. The monoisotopic (exact) mass is 331 g/mol. The Bertz CT molecular complexity index is 723. The van der Waals surface area contributed by atoms with Crippen LogP contribution in [-0.2, 0) is 12.0 Å². The van der Waals surface area contributed by atoms with Crippen LogP contribution in [0.25, 0.3) is 0 Å². The minimum atomic E-state index is -0.139. The third-order valence-corrected chi connectivity index (χ3v) is 4.18. The van der Waals surface area contributed by atoms with Crippen molar-refractivity contribution >= 4 is 5.96 Å². The van der Waals surface area contributed by atoms with Crippen LogP contribution in [0.2, 0.25) is 0 Å². The number of aromatic nitrogens is 2. The van der Waals surface area contributed by atoms with E-state index in [9.17, 15) is 4.39 Å². The van der Waals surface area contributed by atoms with E-state index in [2.05, 4.69) is 25.8 Å². The molecule has 6 nitrogen and oxygen atoms in total. The summed E-state index contributed by atoms with van der Waals surface area (Å²) in [6, 6.07) is 7.00. The maximum absolute atomic E-state index is 14.1. The molecule has 2 aromatic rings. The highest BCUT2D eigenvalue weighted by atomic mass is 19.1. The number of aryl methyl sites for hydroxylation is 1. The van der Waals surface area contributed by atoms with Crippen molar-refractivity contribution in [3.8, 4) is 0 Å². The number of aliphatic imine (C=N–C) groups is 1. The quantitative estimate of drug-likeness (QED) is 0.627. The predicted octanol–water partition coefficient (Wildman–Crippen LogP) is 2.30. The predicted molar refractivity (Wildman–Crippen MR) is 89.2 cm³/mol. The number of nitrogens with zero attached hydrogens (tertiary/aromatic N) is 3. The van der Waals surface area contributed by atoms with Gasteiger partial charge in [0.2, 0.25) is 5.89 Å². The van der Waals surface area contributed by atoms with Crippen molar-refractivity contribution in [1.82, 2.24) is 20.8 Å². The van der Waals surface area contributed by atoms with Crippen molar-refractivity contribution in [3.63, 3.8) is 0 Å². The molecule has 0 saturated heterocycles. The maximum atomic E-state index is 14.1. The molecule has 0 atom stereocenters. The number of benzene rings is 1. The highest BCUT2D eigenvalue weighted by Crippen LogP contribution is 2.48. The van der Waals surface area contributed by atoms with Crippen molar-refractivity contribution < 1.29 is 8.91 Å². The van der Waals surface area contributed by atoms with Gasteiger partial charge in [-0.3, -0.25) is 0 Å². The molecule has 1 aliphatic carbocycles. The normalized spacial score (nSPS) is 16.0. The number of hydrogen-bond donors (Lipinski definition) is 2.